The van der Waals surface area contributed by atoms with Gasteiger partial charge in [0.2, 0.25) is 0 Å². The van der Waals surface area contributed by atoms with Gasteiger partial charge in [0.1, 0.15) is 11.9 Å². The highest BCUT2D eigenvalue weighted by molar-refractivity contribution is 5.88. The predicted molar refractivity (Wildman–Crippen MR) is 101 cm³/mol. The van der Waals surface area contributed by atoms with Crippen LogP contribution in [-0.4, -0.2) is 47.0 Å². The third kappa shape index (κ3) is 6.06. The van der Waals surface area contributed by atoms with Gasteiger partial charge in [0.05, 0.1) is 11.6 Å². The molecule has 1 unspecified atom stereocenters. The van der Waals surface area contributed by atoms with Crippen LogP contribution in [0.3, 0.4) is 0 Å². The summed E-state index contributed by atoms with van der Waals surface area (Å²) in [5.41, 5.74) is 1.50. The van der Waals surface area contributed by atoms with Gasteiger partial charge in [0.15, 0.2) is 0 Å². The Morgan fingerprint density at radius 2 is 2.04 bits per heavy atom. The zero-order chi connectivity index (χ0) is 20.0. The van der Waals surface area contributed by atoms with Crippen LogP contribution in [0.1, 0.15) is 67.6 Å². The number of aromatic carboxylic acids is 1. The molecule has 0 aliphatic carbocycles. The van der Waals surface area contributed by atoms with Gasteiger partial charge < -0.3 is 20.0 Å². The van der Waals surface area contributed by atoms with Gasteiger partial charge >= 0.3 is 12.1 Å². The second-order valence-electron chi connectivity index (χ2n) is 7.76. The Kier molecular flexibility index (Phi) is 6.96. The summed E-state index contributed by atoms with van der Waals surface area (Å²) in [6.45, 7) is 7.41. The van der Waals surface area contributed by atoms with E-state index in [4.69, 9.17) is 9.84 Å². The van der Waals surface area contributed by atoms with Crippen LogP contribution in [0.2, 0.25) is 0 Å². The standard InChI is InChI=1S/C20H28N2O5/c1-20(2,3)27-19(26)21-9-5-4-6-10-22-12-15-8-7-14(18(24)25)11-16(15)17(22)13-23/h7-8,11,13,17H,4-6,9-10,12H2,1-3H3,(H,21,26)(H,24,25). The number of alkyl carbamates (subject to hydrolysis) is 1. The van der Waals surface area contributed by atoms with Crippen molar-refractivity contribution in [2.45, 2.75) is 58.2 Å². The number of fused-ring (bicyclic) bond motifs is 1. The Hall–Kier alpha value is -2.41. The molecule has 0 spiro atoms. The second-order valence-corrected chi connectivity index (χ2v) is 7.76. The van der Waals surface area contributed by atoms with E-state index in [2.05, 4.69) is 10.2 Å². The Bertz CT molecular complexity index is 696. The Balaban J connectivity index is 1.74. The van der Waals surface area contributed by atoms with E-state index in [0.717, 1.165) is 43.2 Å². The van der Waals surface area contributed by atoms with Crippen molar-refractivity contribution < 1.29 is 24.2 Å². The van der Waals surface area contributed by atoms with Gasteiger partial charge in [-0.1, -0.05) is 12.5 Å². The molecule has 148 valence electrons. The number of carbonyl (C=O) groups is 3. The van der Waals surface area contributed by atoms with Crippen LogP contribution in [0, 0.1) is 0 Å². The highest BCUT2D eigenvalue weighted by Crippen LogP contribution is 2.33. The first-order valence-electron chi connectivity index (χ1n) is 9.23. The zero-order valence-electron chi connectivity index (χ0n) is 16.2. The van der Waals surface area contributed by atoms with Gasteiger partial charge in [-0.2, -0.15) is 0 Å². The Labute approximate surface area is 159 Å². The number of aldehydes is 1. The van der Waals surface area contributed by atoms with Crippen molar-refractivity contribution in [3.63, 3.8) is 0 Å². The number of carbonyl (C=O) groups excluding carboxylic acids is 2. The van der Waals surface area contributed by atoms with Crippen LogP contribution < -0.4 is 5.32 Å². The average Bonchev–Trinajstić information content (AvgIpc) is 2.92. The molecule has 27 heavy (non-hydrogen) atoms. The number of amides is 1. The average molecular weight is 376 g/mol. The lowest BCUT2D eigenvalue weighted by molar-refractivity contribution is -0.112. The maximum absolute atomic E-state index is 11.6. The molecule has 1 aromatic rings. The fraction of sp³-hybridized carbons (Fsp3) is 0.550. The number of carboxylic acid groups (broad SMARTS) is 1. The van der Waals surface area contributed by atoms with Crippen LogP contribution in [0.5, 0.6) is 0 Å². The number of nitrogens with one attached hydrogen (secondary N) is 1. The molecule has 0 saturated heterocycles. The summed E-state index contributed by atoms with van der Waals surface area (Å²) >= 11 is 0. The Morgan fingerprint density at radius 1 is 1.30 bits per heavy atom. The van der Waals surface area contributed by atoms with Crippen molar-refractivity contribution in [2.24, 2.45) is 0 Å². The fourth-order valence-electron chi connectivity index (χ4n) is 3.16. The molecule has 1 aliphatic heterocycles. The molecule has 0 aromatic heterocycles. The third-order valence-electron chi connectivity index (χ3n) is 4.40. The first-order chi connectivity index (χ1) is 12.7. The minimum atomic E-state index is -0.988. The lowest BCUT2D eigenvalue weighted by Gasteiger charge is -2.21. The van der Waals surface area contributed by atoms with E-state index in [1.54, 1.807) is 18.2 Å². The molecule has 1 atom stereocenters. The number of unbranched alkanes of at least 4 members (excludes halogenated alkanes) is 2. The molecular formula is C20H28N2O5. The molecule has 7 heteroatoms. The first-order valence-corrected chi connectivity index (χ1v) is 9.23. The van der Waals surface area contributed by atoms with Gasteiger partial charge in [0.25, 0.3) is 0 Å². The molecule has 2 N–H and O–H groups in total. The number of carboxylic acids is 1. The van der Waals surface area contributed by atoms with Gasteiger partial charge in [-0.05, 0) is 63.4 Å². The van der Waals surface area contributed by atoms with E-state index in [0.29, 0.717) is 13.1 Å². The predicted octanol–water partition coefficient (Wildman–Crippen LogP) is 3.14. The summed E-state index contributed by atoms with van der Waals surface area (Å²) in [7, 11) is 0. The third-order valence-corrected chi connectivity index (χ3v) is 4.40. The number of rotatable bonds is 8. The molecular weight excluding hydrogens is 348 g/mol. The van der Waals surface area contributed by atoms with E-state index in [-0.39, 0.29) is 11.6 Å². The summed E-state index contributed by atoms with van der Waals surface area (Å²) in [6.07, 6.45) is 3.10. The minimum absolute atomic E-state index is 0.204. The lowest BCUT2D eigenvalue weighted by Crippen LogP contribution is -2.33. The molecule has 0 fully saturated rings. The molecule has 1 heterocycles. The van der Waals surface area contributed by atoms with Gasteiger partial charge in [-0.3, -0.25) is 4.90 Å². The number of hydrogen-bond acceptors (Lipinski definition) is 5. The molecule has 0 saturated carbocycles. The summed E-state index contributed by atoms with van der Waals surface area (Å²) in [5.74, 6) is -0.988. The zero-order valence-corrected chi connectivity index (χ0v) is 16.2. The number of hydrogen-bond donors (Lipinski definition) is 2. The van der Waals surface area contributed by atoms with Crippen LogP contribution in [0.4, 0.5) is 4.79 Å². The van der Waals surface area contributed by atoms with Crippen LogP contribution in [-0.2, 0) is 16.1 Å². The van der Waals surface area contributed by atoms with Crippen LogP contribution in [0.25, 0.3) is 0 Å². The number of ether oxygens (including phenoxy) is 1. The number of nitrogens with zero attached hydrogens (tertiary/aromatic N) is 1. The monoisotopic (exact) mass is 376 g/mol. The van der Waals surface area contributed by atoms with Crippen molar-refractivity contribution in [1.29, 1.82) is 0 Å². The van der Waals surface area contributed by atoms with Gasteiger partial charge in [-0.15, -0.1) is 0 Å². The smallest absolute Gasteiger partial charge is 0.407 e. The molecule has 2 rings (SSSR count). The lowest BCUT2D eigenvalue weighted by atomic mass is 10.0. The minimum Gasteiger partial charge on any atom is -0.478 e. The van der Waals surface area contributed by atoms with E-state index in [1.807, 2.05) is 20.8 Å². The van der Waals surface area contributed by atoms with Crippen LogP contribution in [0.15, 0.2) is 18.2 Å². The fourth-order valence-corrected chi connectivity index (χ4v) is 3.16. The molecule has 1 aromatic carbocycles. The topological polar surface area (TPSA) is 95.9 Å². The quantitative estimate of drug-likeness (QED) is 0.534. The van der Waals surface area contributed by atoms with Crippen molar-refractivity contribution in [3.05, 3.63) is 34.9 Å². The first kappa shape index (κ1) is 20.9. The SMILES string of the molecule is CC(C)(C)OC(=O)NCCCCCN1Cc2ccc(C(=O)O)cc2C1C=O. The highest BCUT2D eigenvalue weighted by atomic mass is 16.6. The van der Waals surface area contributed by atoms with E-state index < -0.39 is 17.7 Å². The van der Waals surface area contributed by atoms with Crippen LogP contribution >= 0.6 is 0 Å². The van der Waals surface area contributed by atoms with Crippen molar-refractivity contribution in [2.75, 3.05) is 13.1 Å². The summed E-state index contributed by atoms with van der Waals surface area (Å²) < 4.78 is 5.18. The maximum atomic E-state index is 11.6. The van der Waals surface area contributed by atoms with E-state index in [9.17, 15) is 14.4 Å². The van der Waals surface area contributed by atoms with Crippen molar-refractivity contribution in [1.82, 2.24) is 10.2 Å². The molecule has 0 radical (unpaired) electrons. The maximum Gasteiger partial charge on any atom is 0.407 e. The molecule has 1 aliphatic rings. The summed E-state index contributed by atoms with van der Waals surface area (Å²) in [6, 6.07) is 4.58. The molecule has 0 bridgehead atoms. The summed E-state index contributed by atoms with van der Waals surface area (Å²) in [5, 5.41) is 11.9. The molecule has 7 nitrogen and oxygen atoms in total. The Morgan fingerprint density at radius 3 is 2.67 bits per heavy atom. The van der Waals surface area contributed by atoms with E-state index >= 15 is 0 Å². The number of benzene rings is 1. The van der Waals surface area contributed by atoms with Crippen molar-refractivity contribution in [3.8, 4) is 0 Å². The molecule has 1 amide bonds. The van der Waals surface area contributed by atoms with E-state index in [1.165, 1.54) is 0 Å². The van der Waals surface area contributed by atoms with Crippen molar-refractivity contribution >= 4 is 18.3 Å². The van der Waals surface area contributed by atoms with Gasteiger partial charge in [-0.25, -0.2) is 9.59 Å². The second kappa shape index (κ2) is 8.99. The summed E-state index contributed by atoms with van der Waals surface area (Å²) in [4.78, 5) is 36.3. The van der Waals surface area contributed by atoms with Gasteiger partial charge in [0, 0.05) is 13.1 Å². The normalized spacial score (nSPS) is 16.6. The highest BCUT2D eigenvalue weighted by Gasteiger charge is 2.30. The largest absolute Gasteiger partial charge is 0.478 e.